The Kier molecular flexibility index (Phi) is 3.54. The van der Waals surface area contributed by atoms with Gasteiger partial charge in [-0.1, -0.05) is 11.6 Å². The number of nitrogens with zero attached hydrogens (tertiary/aromatic N) is 3. The quantitative estimate of drug-likeness (QED) is 0.802. The highest BCUT2D eigenvalue weighted by Gasteiger charge is 2.35. The van der Waals surface area contributed by atoms with Gasteiger partial charge in [-0.3, -0.25) is 0 Å². The molecular formula is C14H21ClN4. The molecule has 2 fully saturated rings. The first-order chi connectivity index (χ1) is 9.15. The zero-order valence-corrected chi connectivity index (χ0v) is 12.1. The number of nitrogen functional groups attached to an aromatic ring is 1. The third-order valence-corrected chi connectivity index (χ3v) is 4.73. The Hall–Kier alpha value is -1.00. The Bertz CT molecular complexity index is 465. The maximum absolute atomic E-state index is 6.04. The number of anilines is 2. The summed E-state index contributed by atoms with van der Waals surface area (Å²) in [5, 5.41) is 0.520. The smallest absolute Gasteiger partial charge is 0.153 e. The standard InChI is InChI=1S/C14H21ClN4/c1-18-7-2-3-10-9-19(8-6-12(10)18)14-11(16)4-5-13(15)17-14/h4-5,10,12H,2-3,6-9,16H2,1H3. The van der Waals surface area contributed by atoms with Crippen molar-refractivity contribution in [1.82, 2.24) is 9.88 Å². The van der Waals surface area contributed by atoms with Crippen molar-refractivity contribution in [2.75, 3.05) is 37.3 Å². The molecule has 19 heavy (non-hydrogen) atoms. The number of pyridine rings is 1. The summed E-state index contributed by atoms with van der Waals surface area (Å²) < 4.78 is 0. The lowest BCUT2D eigenvalue weighted by Crippen LogP contribution is -2.53. The first-order valence-electron chi connectivity index (χ1n) is 7.02. The van der Waals surface area contributed by atoms with E-state index >= 15 is 0 Å². The van der Waals surface area contributed by atoms with E-state index in [1.807, 2.05) is 6.07 Å². The van der Waals surface area contributed by atoms with Crippen LogP contribution in [0.25, 0.3) is 0 Å². The lowest BCUT2D eigenvalue weighted by atomic mass is 9.84. The minimum absolute atomic E-state index is 0.520. The van der Waals surface area contributed by atoms with E-state index in [0.717, 1.165) is 36.6 Å². The summed E-state index contributed by atoms with van der Waals surface area (Å²) >= 11 is 6.00. The molecule has 0 saturated carbocycles. The van der Waals surface area contributed by atoms with Crippen LogP contribution in [0.4, 0.5) is 11.5 Å². The average Bonchev–Trinajstić information content (AvgIpc) is 2.41. The van der Waals surface area contributed by atoms with Crippen LogP contribution in [0.5, 0.6) is 0 Å². The number of likely N-dealkylation sites (tertiary alicyclic amines) is 1. The van der Waals surface area contributed by atoms with E-state index in [1.165, 1.54) is 25.8 Å². The topological polar surface area (TPSA) is 45.4 Å². The van der Waals surface area contributed by atoms with Crippen LogP contribution in [0.15, 0.2) is 12.1 Å². The molecule has 3 heterocycles. The van der Waals surface area contributed by atoms with Crippen molar-refractivity contribution in [1.29, 1.82) is 0 Å². The van der Waals surface area contributed by atoms with Crippen LogP contribution in [0, 0.1) is 5.92 Å². The zero-order valence-electron chi connectivity index (χ0n) is 11.3. The molecule has 3 rings (SSSR count). The minimum atomic E-state index is 0.520. The predicted octanol–water partition coefficient (Wildman–Crippen LogP) is 2.24. The fourth-order valence-electron chi connectivity index (χ4n) is 3.53. The van der Waals surface area contributed by atoms with E-state index in [2.05, 4.69) is 21.8 Å². The first kappa shape index (κ1) is 13.0. The summed E-state index contributed by atoms with van der Waals surface area (Å²) in [6, 6.07) is 4.33. The van der Waals surface area contributed by atoms with E-state index in [-0.39, 0.29) is 0 Å². The predicted molar refractivity (Wildman–Crippen MR) is 79.6 cm³/mol. The number of piperidine rings is 2. The molecule has 0 amide bonds. The number of rotatable bonds is 1. The Morgan fingerprint density at radius 3 is 3.00 bits per heavy atom. The van der Waals surface area contributed by atoms with Crippen LogP contribution in [0.3, 0.4) is 0 Å². The van der Waals surface area contributed by atoms with E-state index in [0.29, 0.717) is 5.15 Å². The van der Waals surface area contributed by atoms with Crippen molar-refractivity contribution in [2.45, 2.75) is 25.3 Å². The summed E-state index contributed by atoms with van der Waals surface area (Å²) in [6.07, 6.45) is 3.80. The summed E-state index contributed by atoms with van der Waals surface area (Å²) in [4.78, 5) is 9.23. The maximum Gasteiger partial charge on any atom is 0.153 e. The molecule has 4 nitrogen and oxygen atoms in total. The number of aromatic nitrogens is 1. The molecule has 1 aromatic rings. The van der Waals surface area contributed by atoms with Gasteiger partial charge in [0, 0.05) is 19.1 Å². The van der Waals surface area contributed by atoms with Gasteiger partial charge in [0.2, 0.25) is 0 Å². The second-order valence-corrected chi connectivity index (χ2v) is 6.12. The summed E-state index contributed by atoms with van der Waals surface area (Å²) in [5.74, 6) is 1.59. The zero-order chi connectivity index (χ0) is 13.4. The van der Waals surface area contributed by atoms with Crippen molar-refractivity contribution in [3.8, 4) is 0 Å². The van der Waals surface area contributed by atoms with Crippen molar-refractivity contribution in [2.24, 2.45) is 5.92 Å². The molecule has 0 bridgehead atoms. The van der Waals surface area contributed by atoms with Crippen LogP contribution in [-0.2, 0) is 0 Å². The second-order valence-electron chi connectivity index (χ2n) is 5.73. The van der Waals surface area contributed by atoms with E-state index < -0.39 is 0 Å². The maximum atomic E-state index is 6.04. The molecule has 0 aliphatic carbocycles. The number of nitrogens with two attached hydrogens (primary N) is 1. The van der Waals surface area contributed by atoms with Crippen LogP contribution in [-0.4, -0.2) is 42.6 Å². The van der Waals surface area contributed by atoms with Crippen LogP contribution >= 0.6 is 11.6 Å². The van der Waals surface area contributed by atoms with Crippen molar-refractivity contribution in [3.05, 3.63) is 17.3 Å². The SMILES string of the molecule is CN1CCCC2CN(c3nc(Cl)ccc3N)CCC21. The number of halogens is 1. The van der Waals surface area contributed by atoms with E-state index in [4.69, 9.17) is 17.3 Å². The van der Waals surface area contributed by atoms with Crippen molar-refractivity contribution >= 4 is 23.1 Å². The molecule has 2 atom stereocenters. The van der Waals surface area contributed by atoms with Gasteiger partial charge in [-0.05, 0) is 50.9 Å². The van der Waals surface area contributed by atoms with Gasteiger partial charge in [0.15, 0.2) is 5.82 Å². The van der Waals surface area contributed by atoms with E-state index in [1.54, 1.807) is 6.07 Å². The number of fused-ring (bicyclic) bond motifs is 1. The Balaban J connectivity index is 1.79. The molecule has 2 N–H and O–H groups in total. The number of hydrogen-bond donors (Lipinski definition) is 1. The molecule has 1 aromatic heterocycles. The lowest BCUT2D eigenvalue weighted by Gasteiger charge is -2.46. The molecule has 5 heteroatoms. The number of hydrogen-bond acceptors (Lipinski definition) is 4. The van der Waals surface area contributed by atoms with Crippen LogP contribution in [0.2, 0.25) is 5.15 Å². The normalized spacial score (nSPS) is 28.2. The van der Waals surface area contributed by atoms with Crippen molar-refractivity contribution in [3.63, 3.8) is 0 Å². The highest BCUT2D eigenvalue weighted by molar-refractivity contribution is 6.29. The summed E-state index contributed by atoms with van der Waals surface area (Å²) in [6.45, 7) is 3.30. The van der Waals surface area contributed by atoms with E-state index in [9.17, 15) is 0 Å². The van der Waals surface area contributed by atoms with Gasteiger partial charge in [-0.25, -0.2) is 4.98 Å². The van der Waals surface area contributed by atoms with Crippen LogP contribution < -0.4 is 10.6 Å². The molecule has 2 unspecified atom stereocenters. The Morgan fingerprint density at radius 2 is 2.16 bits per heavy atom. The molecule has 0 aromatic carbocycles. The Morgan fingerprint density at radius 1 is 1.32 bits per heavy atom. The fraction of sp³-hybridized carbons (Fsp3) is 0.643. The van der Waals surface area contributed by atoms with Gasteiger partial charge in [0.1, 0.15) is 5.15 Å². The molecule has 104 valence electrons. The minimum Gasteiger partial charge on any atom is -0.396 e. The fourth-order valence-corrected chi connectivity index (χ4v) is 3.68. The second kappa shape index (κ2) is 5.17. The third-order valence-electron chi connectivity index (χ3n) is 4.52. The average molecular weight is 281 g/mol. The Labute approximate surface area is 119 Å². The van der Waals surface area contributed by atoms with Gasteiger partial charge in [0.25, 0.3) is 0 Å². The summed E-state index contributed by atoms with van der Waals surface area (Å²) in [5.41, 5.74) is 6.77. The van der Waals surface area contributed by atoms with Gasteiger partial charge in [-0.15, -0.1) is 0 Å². The molecule has 0 spiro atoms. The molecule has 0 radical (unpaired) electrons. The van der Waals surface area contributed by atoms with Gasteiger partial charge in [0.05, 0.1) is 5.69 Å². The molecule has 2 aliphatic heterocycles. The van der Waals surface area contributed by atoms with Crippen molar-refractivity contribution < 1.29 is 0 Å². The van der Waals surface area contributed by atoms with Crippen LogP contribution in [0.1, 0.15) is 19.3 Å². The first-order valence-corrected chi connectivity index (χ1v) is 7.40. The van der Waals surface area contributed by atoms with Gasteiger partial charge < -0.3 is 15.5 Å². The van der Waals surface area contributed by atoms with Gasteiger partial charge in [-0.2, -0.15) is 0 Å². The highest BCUT2D eigenvalue weighted by Crippen LogP contribution is 2.33. The third kappa shape index (κ3) is 2.51. The molecular weight excluding hydrogens is 260 g/mol. The highest BCUT2D eigenvalue weighted by atomic mass is 35.5. The largest absolute Gasteiger partial charge is 0.396 e. The summed E-state index contributed by atoms with van der Waals surface area (Å²) in [7, 11) is 2.25. The molecule has 2 saturated heterocycles. The lowest BCUT2D eigenvalue weighted by molar-refractivity contribution is 0.102. The molecule has 2 aliphatic rings. The monoisotopic (exact) mass is 280 g/mol. The van der Waals surface area contributed by atoms with Gasteiger partial charge >= 0.3 is 0 Å².